The van der Waals surface area contributed by atoms with Crippen LogP contribution in [0, 0.1) is 0 Å². The Morgan fingerprint density at radius 3 is 3.05 bits per heavy atom. The molecule has 20 heavy (non-hydrogen) atoms. The van der Waals surface area contributed by atoms with E-state index in [-0.39, 0.29) is 5.91 Å². The molecule has 1 amide bonds. The van der Waals surface area contributed by atoms with E-state index in [0.717, 1.165) is 16.7 Å². The van der Waals surface area contributed by atoms with Gasteiger partial charge in [-0.05, 0) is 31.0 Å². The number of amides is 1. The Bertz CT molecular complexity index is 784. The molecule has 2 N–H and O–H groups in total. The fourth-order valence-electron chi connectivity index (χ4n) is 2.27. The highest BCUT2D eigenvalue weighted by Gasteiger charge is 2.26. The highest BCUT2D eigenvalue weighted by atomic mass is 16.2. The number of para-hydroxylation sites is 2. The molecule has 1 aliphatic rings. The van der Waals surface area contributed by atoms with E-state index in [1.165, 1.54) is 12.8 Å². The van der Waals surface area contributed by atoms with Gasteiger partial charge in [0.1, 0.15) is 6.33 Å². The maximum atomic E-state index is 12.2. The van der Waals surface area contributed by atoms with Crippen molar-refractivity contribution in [3.05, 3.63) is 48.0 Å². The number of nitrogens with one attached hydrogen (secondary N) is 2. The third-order valence-electron chi connectivity index (χ3n) is 3.52. The van der Waals surface area contributed by atoms with Crippen LogP contribution in [0.25, 0.3) is 11.0 Å². The van der Waals surface area contributed by atoms with Gasteiger partial charge in [0.15, 0.2) is 5.69 Å². The van der Waals surface area contributed by atoms with E-state index in [0.29, 0.717) is 11.6 Å². The Balaban J connectivity index is 1.59. The van der Waals surface area contributed by atoms with Crippen LogP contribution in [0.1, 0.15) is 34.9 Å². The third-order valence-corrected chi connectivity index (χ3v) is 3.52. The number of benzene rings is 1. The predicted octanol–water partition coefficient (Wildman–Crippen LogP) is 2.02. The SMILES string of the molecule is O=C(Nn1cnc2ccccc21)c1cc(C2CC2)[nH]n1. The van der Waals surface area contributed by atoms with Crippen LogP contribution >= 0.6 is 0 Å². The molecule has 0 unspecified atom stereocenters. The summed E-state index contributed by atoms with van der Waals surface area (Å²) in [7, 11) is 0. The number of H-pyrrole nitrogens is 1. The van der Waals surface area contributed by atoms with Gasteiger partial charge >= 0.3 is 0 Å². The first-order chi connectivity index (χ1) is 9.81. The van der Waals surface area contributed by atoms with E-state index in [4.69, 9.17) is 0 Å². The lowest BCUT2D eigenvalue weighted by atomic mass is 10.2. The van der Waals surface area contributed by atoms with Crippen molar-refractivity contribution in [2.24, 2.45) is 0 Å². The van der Waals surface area contributed by atoms with E-state index in [1.54, 1.807) is 11.0 Å². The third kappa shape index (κ3) is 1.85. The standard InChI is InChI=1S/C14H13N5O/c20-14(12-7-11(16-17-12)9-5-6-9)18-19-8-15-10-3-1-2-4-13(10)19/h1-4,7-9H,5-6H2,(H,16,17)(H,18,20). The molecule has 2 aromatic heterocycles. The van der Waals surface area contributed by atoms with Gasteiger partial charge in [-0.1, -0.05) is 12.1 Å². The quantitative estimate of drug-likeness (QED) is 0.762. The summed E-state index contributed by atoms with van der Waals surface area (Å²) in [5.41, 5.74) is 5.94. The van der Waals surface area contributed by atoms with Gasteiger partial charge in [-0.3, -0.25) is 15.3 Å². The summed E-state index contributed by atoms with van der Waals surface area (Å²) < 4.78 is 1.61. The molecule has 1 fully saturated rings. The second-order valence-electron chi connectivity index (χ2n) is 5.03. The number of aromatic nitrogens is 4. The Kier molecular flexibility index (Phi) is 2.35. The molecule has 6 heteroatoms. The number of hydrogen-bond donors (Lipinski definition) is 2. The predicted molar refractivity (Wildman–Crippen MR) is 74.0 cm³/mol. The second-order valence-corrected chi connectivity index (χ2v) is 5.03. The Hall–Kier alpha value is -2.63. The van der Waals surface area contributed by atoms with Crippen molar-refractivity contribution in [2.75, 3.05) is 5.43 Å². The molecule has 1 aliphatic carbocycles. The van der Waals surface area contributed by atoms with E-state index in [9.17, 15) is 4.79 Å². The van der Waals surface area contributed by atoms with Crippen LogP contribution in [0.5, 0.6) is 0 Å². The Morgan fingerprint density at radius 2 is 2.20 bits per heavy atom. The van der Waals surface area contributed by atoms with Crippen molar-refractivity contribution in [1.82, 2.24) is 19.9 Å². The molecule has 3 aromatic rings. The van der Waals surface area contributed by atoms with Crippen molar-refractivity contribution in [1.29, 1.82) is 0 Å². The minimum atomic E-state index is -0.240. The van der Waals surface area contributed by atoms with Crippen LogP contribution in [-0.2, 0) is 0 Å². The zero-order valence-electron chi connectivity index (χ0n) is 10.7. The van der Waals surface area contributed by atoms with Gasteiger partial charge in [-0.15, -0.1) is 0 Å². The van der Waals surface area contributed by atoms with E-state index in [1.807, 2.05) is 30.3 Å². The van der Waals surface area contributed by atoms with Gasteiger partial charge in [0, 0.05) is 11.6 Å². The molecule has 6 nitrogen and oxygen atoms in total. The Labute approximate surface area is 114 Å². The molecule has 0 bridgehead atoms. The smallest absolute Gasteiger partial charge is 0.281 e. The molecule has 0 saturated heterocycles. The summed E-state index contributed by atoms with van der Waals surface area (Å²) in [5, 5.41) is 7.00. The van der Waals surface area contributed by atoms with Crippen LogP contribution in [0.3, 0.4) is 0 Å². The molecule has 0 aliphatic heterocycles. The lowest BCUT2D eigenvalue weighted by molar-refractivity contribution is 0.100. The number of nitrogens with zero attached hydrogens (tertiary/aromatic N) is 3. The van der Waals surface area contributed by atoms with Crippen LogP contribution in [0.4, 0.5) is 0 Å². The molecule has 0 spiro atoms. The zero-order valence-corrected chi connectivity index (χ0v) is 10.7. The minimum absolute atomic E-state index is 0.240. The lowest BCUT2D eigenvalue weighted by Crippen LogP contribution is -2.22. The normalized spacial score (nSPS) is 14.6. The first-order valence-electron chi connectivity index (χ1n) is 6.60. The van der Waals surface area contributed by atoms with Crippen molar-refractivity contribution in [2.45, 2.75) is 18.8 Å². The summed E-state index contributed by atoms with van der Waals surface area (Å²) in [6.45, 7) is 0. The van der Waals surface area contributed by atoms with Gasteiger partial charge in [-0.25, -0.2) is 9.66 Å². The molecule has 100 valence electrons. The van der Waals surface area contributed by atoms with Crippen LogP contribution in [-0.4, -0.2) is 25.8 Å². The number of rotatable bonds is 3. The van der Waals surface area contributed by atoms with Gasteiger partial charge in [0.2, 0.25) is 0 Å². The summed E-state index contributed by atoms with van der Waals surface area (Å²) in [6.07, 6.45) is 3.95. The van der Waals surface area contributed by atoms with Crippen LogP contribution in [0.15, 0.2) is 36.7 Å². The van der Waals surface area contributed by atoms with Crippen molar-refractivity contribution in [3.63, 3.8) is 0 Å². The summed E-state index contributed by atoms with van der Waals surface area (Å²) >= 11 is 0. The fraction of sp³-hybridized carbons (Fsp3) is 0.214. The number of carbonyl (C=O) groups is 1. The molecule has 1 aromatic carbocycles. The van der Waals surface area contributed by atoms with Gasteiger partial charge < -0.3 is 0 Å². The van der Waals surface area contributed by atoms with E-state index < -0.39 is 0 Å². The minimum Gasteiger partial charge on any atom is -0.281 e. The zero-order chi connectivity index (χ0) is 13.5. The van der Waals surface area contributed by atoms with Gasteiger partial charge in [-0.2, -0.15) is 5.10 Å². The summed E-state index contributed by atoms with van der Waals surface area (Å²) in [4.78, 5) is 16.4. The highest BCUT2D eigenvalue weighted by molar-refractivity contribution is 5.99. The number of fused-ring (bicyclic) bond motifs is 1. The van der Waals surface area contributed by atoms with E-state index >= 15 is 0 Å². The molecular formula is C14H13N5O. The number of imidazole rings is 1. The van der Waals surface area contributed by atoms with E-state index in [2.05, 4.69) is 20.6 Å². The summed E-state index contributed by atoms with van der Waals surface area (Å²) in [6, 6.07) is 9.45. The highest BCUT2D eigenvalue weighted by Crippen LogP contribution is 2.38. The average Bonchev–Trinajstić information content (AvgIpc) is 3.06. The molecule has 0 radical (unpaired) electrons. The van der Waals surface area contributed by atoms with Crippen LogP contribution < -0.4 is 5.43 Å². The fourth-order valence-corrected chi connectivity index (χ4v) is 2.27. The first kappa shape index (κ1) is 11.2. The second kappa shape index (κ2) is 4.19. The maximum absolute atomic E-state index is 12.2. The molecule has 1 saturated carbocycles. The largest absolute Gasteiger partial charge is 0.290 e. The molecule has 4 rings (SSSR count). The number of carbonyl (C=O) groups excluding carboxylic acids is 1. The van der Waals surface area contributed by atoms with Crippen molar-refractivity contribution >= 4 is 16.9 Å². The van der Waals surface area contributed by atoms with Crippen molar-refractivity contribution in [3.8, 4) is 0 Å². The van der Waals surface area contributed by atoms with Crippen LogP contribution in [0.2, 0.25) is 0 Å². The molecular weight excluding hydrogens is 254 g/mol. The lowest BCUT2D eigenvalue weighted by Gasteiger charge is -2.04. The van der Waals surface area contributed by atoms with Gasteiger partial charge in [0.05, 0.1) is 11.0 Å². The number of aromatic amines is 1. The molecule has 0 atom stereocenters. The monoisotopic (exact) mass is 267 g/mol. The van der Waals surface area contributed by atoms with Crippen molar-refractivity contribution < 1.29 is 4.79 Å². The maximum Gasteiger partial charge on any atom is 0.290 e. The summed E-state index contributed by atoms with van der Waals surface area (Å²) in [5.74, 6) is 0.314. The Morgan fingerprint density at radius 1 is 1.35 bits per heavy atom. The first-order valence-corrected chi connectivity index (χ1v) is 6.60. The number of hydrogen-bond acceptors (Lipinski definition) is 3. The average molecular weight is 267 g/mol. The topological polar surface area (TPSA) is 75.6 Å². The molecule has 2 heterocycles. The van der Waals surface area contributed by atoms with Gasteiger partial charge in [0.25, 0.3) is 5.91 Å².